The molecule has 3 heteroatoms. The Kier molecular flexibility index (Phi) is 4.17. The number of carbonyl (C=O) groups excluding carboxylic acids is 1. The first-order valence-corrected chi connectivity index (χ1v) is 7.24. The fraction of sp³-hybridized carbons (Fsp3) is 0. The molecule has 0 saturated carbocycles. The largest absolute Gasteiger partial charge is 0.322 e. The zero-order valence-corrected chi connectivity index (χ0v) is 12.4. The molecule has 3 aromatic rings. The number of anilines is 1. The number of benzene rings is 3. The molecule has 0 aliphatic carbocycles. The zero-order chi connectivity index (χ0) is 16.1. The second-order valence-corrected chi connectivity index (χ2v) is 5.05. The second-order valence-electron chi connectivity index (χ2n) is 5.05. The highest BCUT2D eigenvalue weighted by Gasteiger charge is 2.12. The summed E-state index contributed by atoms with van der Waals surface area (Å²) in [6.45, 7) is 0. The molecule has 0 heterocycles. The van der Waals surface area contributed by atoms with E-state index >= 15 is 0 Å². The number of rotatable bonds is 3. The van der Waals surface area contributed by atoms with E-state index in [1.165, 1.54) is 0 Å². The Morgan fingerprint density at radius 3 is 2.17 bits per heavy atom. The highest BCUT2D eigenvalue weighted by atomic mass is 16.1. The molecule has 0 aliphatic heterocycles. The molecule has 0 aliphatic rings. The van der Waals surface area contributed by atoms with Crippen LogP contribution in [-0.2, 0) is 0 Å². The number of hydrogen-bond donors (Lipinski definition) is 1. The van der Waals surface area contributed by atoms with E-state index in [9.17, 15) is 4.79 Å². The van der Waals surface area contributed by atoms with E-state index in [-0.39, 0.29) is 5.91 Å². The Morgan fingerprint density at radius 2 is 1.48 bits per heavy atom. The molecule has 3 nitrogen and oxygen atoms in total. The van der Waals surface area contributed by atoms with Gasteiger partial charge in [-0.1, -0.05) is 48.5 Å². The zero-order valence-electron chi connectivity index (χ0n) is 12.4. The van der Waals surface area contributed by atoms with E-state index in [0.29, 0.717) is 16.8 Å². The summed E-state index contributed by atoms with van der Waals surface area (Å²) in [6.07, 6.45) is 0. The predicted molar refractivity (Wildman–Crippen MR) is 91.0 cm³/mol. The Bertz CT molecular complexity index is 862. The average molecular weight is 298 g/mol. The summed E-state index contributed by atoms with van der Waals surface area (Å²) in [6, 6.07) is 26.2. The lowest BCUT2D eigenvalue weighted by Gasteiger charge is -2.10. The maximum Gasteiger partial charge on any atom is 0.256 e. The maximum absolute atomic E-state index is 12.6. The Hall–Kier alpha value is -3.38. The molecule has 1 amide bonds. The van der Waals surface area contributed by atoms with Gasteiger partial charge in [-0.15, -0.1) is 0 Å². The number of amides is 1. The van der Waals surface area contributed by atoms with Gasteiger partial charge in [-0.05, 0) is 41.5 Å². The first-order valence-electron chi connectivity index (χ1n) is 7.24. The molecule has 110 valence electrons. The molecule has 0 spiro atoms. The van der Waals surface area contributed by atoms with Crippen LogP contribution >= 0.6 is 0 Å². The molecule has 0 atom stereocenters. The molecule has 0 unspecified atom stereocenters. The molecule has 3 rings (SSSR count). The van der Waals surface area contributed by atoms with Gasteiger partial charge in [0.1, 0.15) is 0 Å². The molecule has 0 radical (unpaired) electrons. The van der Waals surface area contributed by atoms with Gasteiger partial charge in [0.15, 0.2) is 0 Å². The number of hydrogen-bond acceptors (Lipinski definition) is 2. The van der Waals surface area contributed by atoms with Gasteiger partial charge in [-0.3, -0.25) is 4.79 Å². The van der Waals surface area contributed by atoms with Crippen LogP contribution in [0.2, 0.25) is 0 Å². The third-order valence-electron chi connectivity index (χ3n) is 3.53. The minimum Gasteiger partial charge on any atom is -0.322 e. The van der Waals surface area contributed by atoms with Crippen LogP contribution in [0, 0.1) is 11.3 Å². The Labute approximate surface area is 134 Å². The van der Waals surface area contributed by atoms with Crippen LogP contribution < -0.4 is 5.32 Å². The van der Waals surface area contributed by atoms with Crippen molar-refractivity contribution in [1.29, 1.82) is 5.26 Å². The SMILES string of the molecule is N#Cc1ccc(NC(=O)c2ccccc2-c2ccccc2)cc1. The lowest BCUT2D eigenvalue weighted by Crippen LogP contribution is -2.13. The van der Waals surface area contributed by atoms with E-state index in [1.807, 2.05) is 48.5 Å². The quantitative estimate of drug-likeness (QED) is 0.775. The van der Waals surface area contributed by atoms with Gasteiger partial charge in [0.25, 0.3) is 5.91 Å². The molecule has 23 heavy (non-hydrogen) atoms. The van der Waals surface area contributed by atoms with Crippen molar-refractivity contribution in [2.24, 2.45) is 0 Å². The van der Waals surface area contributed by atoms with Crippen LogP contribution in [0.25, 0.3) is 11.1 Å². The number of carbonyl (C=O) groups is 1. The summed E-state index contributed by atoms with van der Waals surface area (Å²) in [7, 11) is 0. The normalized spacial score (nSPS) is 9.87. The summed E-state index contributed by atoms with van der Waals surface area (Å²) in [5, 5.41) is 11.7. The van der Waals surface area contributed by atoms with Crippen LogP contribution in [0.1, 0.15) is 15.9 Å². The van der Waals surface area contributed by atoms with Crippen molar-refractivity contribution >= 4 is 11.6 Å². The second kappa shape index (κ2) is 6.59. The molecule has 0 aromatic heterocycles. The van der Waals surface area contributed by atoms with Crippen molar-refractivity contribution in [2.45, 2.75) is 0 Å². The predicted octanol–water partition coefficient (Wildman–Crippen LogP) is 4.48. The first-order chi connectivity index (χ1) is 11.3. The molecule has 0 fully saturated rings. The first kappa shape index (κ1) is 14.6. The lowest BCUT2D eigenvalue weighted by atomic mass is 9.99. The van der Waals surface area contributed by atoms with Crippen LogP contribution in [0.3, 0.4) is 0 Å². The monoisotopic (exact) mass is 298 g/mol. The fourth-order valence-electron chi connectivity index (χ4n) is 2.38. The van der Waals surface area contributed by atoms with Crippen molar-refractivity contribution in [3.63, 3.8) is 0 Å². The van der Waals surface area contributed by atoms with Crippen molar-refractivity contribution in [1.82, 2.24) is 0 Å². The van der Waals surface area contributed by atoms with Gasteiger partial charge >= 0.3 is 0 Å². The van der Waals surface area contributed by atoms with Crippen molar-refractivity contribution < 1.29 is 4.79 Å². The topological polar surface area (TPSA) is 52.9 Å². The van der Waals surface area contributed by atoms with E-state index in [0.717, 1.165) is 11.1 Å². The summed E-state index contributed by atoms with van der Waals surface area (Å²) in [5.41, 5.74) is 3.73. The van der Waals surface area contributed by atoms with Crippen LogP contribution in [-0.4, -0.2) is 5.91 Å². The van der Waals surface area contributed by atoms with E-state index in [4.69, 9.17) is 5.26 Å². The Morgan fingerprint density at radius 1 is 0.826 bits per heavy atom. The third kappa shape index (κ3) is 3.28. The highest BCUT2D eigenvalue weighted by Crippen LogP contribution is 2.24. The van der Waals surface area contributed by atoms with Crippen molar-refractivity contribution in [3.05, 3.63) is 90.0 Å². The van der Waals surface area contributed by atoms with Crippen LogP contribution in [0.15, 0.2) is 78.9 Å². The fourth-order valence-corrected chi connectivity index (χ4v) is 2.38. The summed E-state index contributed by atoms with van der Waals surface area (Å²) in [5.74, 6) is -0.172. The minimum absolute atomic E-state index is 0.172. The van der Waals surface area contributed by atoms with Gasteiger partial charge in [0.05, 0.1) is 11.6 Å². The minimum atomic E-state index is -0.172. The summed E-state index contributed by atoms with van der Waals surface area (Å²) < 4.78 is 0. The van der Waals surface area contributed by atoms with Gasteiger partial charge in [0, 0.05) is 11.3 Å². The highest BCUT2D eigenvalue weighted by molar-refractivity contribution is 6.08. The molecule has 3 aromatic carbocycles. The van der Waals surface area contributed by atoms with Crippen molar-refractivity contribution in [2.75, 3.05) is 5.32 Å². The molecular weight excluding hydrogens is 284 g/mol. The van der Waals surface area contributed by atoms with Gasteiger partial charge in [-0.25, -0.2) is 0 Å². The smallest absolute Gasteiger partial charge is 0.256 e. The van der Waals surface area contributed by atoms with E-state index < -0.39 is 0 Å². The van der Waals surface area contributed by atoms with Gasteiger partial charge < -0.3 is 5.32 Å². The van der Waals surface area contributed by atoms with Crippen LogP contribution in [0.4, 0.5) is 5.69 Å². The lowest BCUT2D eigenvalue weighted by molar-refractivity contribution is 0.102. The summed E-state index contributed by atoms with van der Waals surface area (Å²) >= 11 is 0. The molecule has 1 N–H and O–H groups in total. The van der Waals surface area contributed by atoms with E-state index in [1.54, 1.807) is 30.3 Å². The molecule has 0 saturated heterocycles. The van der Waals surface area contributed by atoms with Crippen molar-refractivity contribution in [3.8, 4) is 17.2 Å². The molecular formula is C20H14N2O. The third-order valence-corrected chi connectivity index (χ3v) is 3.53. The number of nitrogens with zero attached hydrogens (tertiary/aromatic N) is 1. The summed E-state index contributed by atoms with van der Waals surface area (Å²) in [4.78, 5) is 12.6. The van der Waals surface area contributed by atoms with Crippen LogP contribution in [0.5, 0.6) is 0 Å². The van der Waals surface area contributed by atoms with E-state index in [2.05, 4.69) is 11.4 Å². The Balaban J connectivity index is 1.89. The maximum atomic E-state index is 12.6. The number of nitriles is 1. The number of nitrogens with one attached hydrogen (secondary N) is 1. The molecule has 0 bridgehead atoms. The average Bonchev–Trinajstić information content (AvgIpc) is 2.63. The van der Waals surface area contributed by atoms with Gasteiger partial charge in [-0.2, -0.15) is 5.26 Å². The standard InChI is InChI=1S/C20H14N2O/c21-14-15-10-12-17(13-11-15)22-20(23)19-9-5-4-8-18(19)16-6-2-1-3-7-16/h1-13H,(H,22,23). The van der Waals surface area contributed by atoms with Gasteiger partial charge in [0.2, 0.25) is 0 Å².